The summed E-state index contributed by atoms with van der Waals surface area (Å²) < 4.78 is 0. The number of benzene rings is 1. The topological polar surface area (TPSA) is 64.2 Å². The molecular weight excluding hydrogens is 356 g/mol. The highest BCUT2D eigenvalue weighted by molar-refractivity contribution is 6.00. The molecule has 0 N–H and O–H groups in total. The van der Waals surface area contributed by atoms with Crippen LogP contribution >= 0.6 is 0 Å². The van der Waals surface area contributed by atoms with Crippen molar-refractivity contribution in [3.8, 4) is 0 Å². The van der Waals surface area contributed by atoms with E-state index in [0.29, 0.717) is 32.7 Å². The lowest BCUT2D eigenvalue weighted by Crippen LogP contribution is -2.51. The third-order valence-corrected chi connectivity index (χ3v) is 6.14. The van der Waals surface area contributed by atoms with Gasteiger partial charge in [0.25, 0.3) is 0 Å². The van der Waals surface area contributed by atoms with Crippen LogP contribution in [0.25, 0.3) is 0 Å². The summed E-state index contributed by atoms with van der Waals surface area (Å²) >= 11 is 0. The lowest BCUT2D eigenvalue weighted by molar-refractivity contribution is -0.141. The van der Waals surface area contributed by atoms with Crippen molar-refractivity contribution in [1.29, 1.82) is 0 Å². The van der Waals surface area contributed by atoms with E-state index < -0.39 is 0 Å². The first kappa shape index (κ1) is 18.8. The van der Waals surface area contributed by atoms with Gasteiger partial charge in [-0.15, -0.1) is 0 Å². The van der Waals surface area contributed by atoms with Crippen LogP contribution in [0, 0.1) is 5.92 Å². The van der Waals surface area contributed by atoms with Gasteiger partial charge in [-0.05, 0) is 37.1 Å². The average molecular weight is 384 g/mol. The smallest absolute Gasteiger partial charge is 0.228 e. The average Bonchev–Trinajstić information content (AvgIpc) is 3.38. The second kappa shape index (κ2) is 7.81. The second-order valence-electron chi connectivity index (χ2n) is 7.95. The van der Waals surface area contributed by atoms with E-state index >= 15 is 0 Å². The van der Waals surface area contributed by atoms with Gasteiger partial charge in [-0.1, -0.05) is 0 Å². The zero-order valence-corrected chi connectivity index (χ0v) is 16.5. The summed E-state index contributed by atoms with van der Waals surface area (Å²) in [6.07, 6.45) is 2.73. The molecule has 1 aromatic rings. The van der Waals surface area contributed by atoms with E-state index in [0.717, 1.165) is 18.8 Å². The molecule has 7 heteroatoms. The van der Waals surface area contributed by atoms with Crippen LogP contribution in [0.4, 0.5) is 11.4 Å². The van der Waals surface area contributed by atoms with Crippen molar-refractivity contribution in [1.82, 2.24) is 9.80 Å². The number of hydrogen-bond acceptors (Lipinski definition) is 4. The largest absolute Gasteiger partial charge is 0.372 e. The van der Waals surface area contributed by atoms with E-state index in [1.807, 2.05) is 12.1 Å². The first-order chi connectivity index (χ1) is 13.5. The van der Waals surface area contributed by atoms with Gasteiger partial charge in [0.1, 0.15) is 0 Å². The molecule has 1 atom stereocenters. The lowest BCUT2D eigenvalue weighted by atomic mass is 10.1. The number of carbonyl (C=O) groups excluding carboxylic acids is 3. The summed E-state index contributed by atoms with van der Waals surface area (Å²) in [6.45, 7) is 6.42. The molecule has 3 heterocycles. The summed E-state index contributed by atoms with van der Waals surface area (Å²) in [5.74, 6) is -0.205. The Morgan fingerprint density at radius 2 is 1.43 bits per heavy atom. The van der Waals surface area contributed by atoms with Crippen molar-refractivity contribution in [2.24, 2.45) is 5.92 Å². The summed E-state index contributed by atoms with van der Waals surface area (Å²) in [5, 5.41) is 0. The van der Waals surface area contributed by atoms with E-state index in [1.165, 1.54) is 18.5 Å². The molecule has 7 nitrogen and oxygen atoms in total. The molecule has 0 aromatic heterocycles. The summed E-state index contributed by atoms with van der Waals surface area (Å²) in [4.78, 5) is 44.5. The number of nitrogens with zero attached hydrogens (tertiary/aromatic N) is 4. The molecule has 0 radical (unpaired) electrons. The quantitative estimate of drug-likeness (QED) is 0.789. The highest BCUT2D eigenvalue weighted by Gasteiger charge is 2.38. The number of anilines is 2. The number of hydrogen-bond donors (Lipinski definition) is 0. The normalized spacial score (nSPS) is 22.9. The van der Waals surface area contributed by atoms with Crippen molar-refractivity contribution < 1.29 is 14.4 Å². The minimum Gasteiger partial charge on any atom is -0.372 e. The van der Waals surface area contributed by atoms with E-state index in [1.54, 1.807) is 21.6 Å². The standard InChI is InChI=1S/C21H28N4O3/c1-16(26)22-10-12-24(13-11-22)21(28)17-14-20(27)25(15-17)19-6-4-18(5-7-19)23-8-2-3-9-23/h4-7,17H,2-3,8-15H2,1H3. The van der Waals surface area contributed by atoms with Crippen LogP contribution < -0.4 is 9.80 Å². The molecule has 0 saturated carbocycles. The fourth-order valence-electron chi connectivity index (χ4n) is 4.44. The van der Waals surface area contributed by atoms with Crippen LogP contribution in [0.3, 0.4) is 0 Å². The lowest BCUT2D eigenvalue weighted by Gasteiger charge is -2.35. The van der Waals surface area contributed by atoms with Crippen LogP contribution in [0.2, 0.25) is 0 Å². The van der Waals surface area contributed by atoms with Crippen LogP contribution in [-0.4, -0.2) is 73.3 Å². The monoisotopic (exact) mass is 384 g/mol. The fourth-order valence-corrected chi connectivity index (χ4v) is 4.44. The Morgan fingerprint density at radius 3 is 2.04 bits per heavy atom. The van der Waals surface area contributed by atoms with Gasteiger partial charge in [-0.25, -0.2) is 0 Å². The van der Waals surface area contributed by atoms with Crippen molar-refractivity contribution >= 4 is 29.1 Å². The Morgan fingerprint density at radius 1 is 0.857 bits per heavy atom. The minimum atomic E-state index is -0.297. The minimum absolute atomic E-state index is 0.00893. The highest BCUT2D eigenvalue weighted by atomic mass is 16.2. The maximum absolute atomic E-state index is 12.9. The molecule has 3 saturated heterocycles. The zero-order chi connectivity index (χ0) is 19.7. The summed E-state index contributed by atoms with van der Waals surface area (Å²) in [6, 6.07) is 8.13. The Hall–Kier alpha value is -2.57. The molecule has 1 unspecified atom stereocenters. The van der Waals surface area contributed by atoms with Crippen LogP contribution in [0.5, 0.6) is 0 Å². The molecule has 3 aliphatic rings. The van der Waals surface area contributed by atoms with E-state index in [9.17, 15) is 14.4 Å². The van der Waals surface area contributed by atoms with Gasteiger partial charge in [0.05, 0.1) is 5.92 Å². The predicted molar refractivity (Wildman–Crippen MR) is 107 cm³/mol. The number of rotatable bonds is 3. The van der Waals surface area contributed by atoms with Gasteiger partial charge >= 0.3 is 0 Å². The van der Waals surface area contributed by atoms with E-state index in [4.69, 9.17) is 0 Å². The molecule has 3 amide bonds. The zero-order valence-electron chi connectivity index (χ0n) is 16.5. The highest BCUT2D eigenvalue weighted by Crippen LogP contribution is 2.29. The van der Waals surface area contributed by atoms with Gasteiger partial charge in [0.2, 0.25) is 17.7 Å². The maximum Gasteiger partial charge on any atom is 0.228 e. The Kier molecular flexibility index (Phi) is 5.24. The third-order valence-electron chi connectivity index (χ3n) is 6.14. The first-order valence-electron chi connectivity index (χ1n) is 10.2. The van der Waals surface area contributed by atoms with Crippen molar-refractivity contribution in [3.63, 3.8) is 0 Å². The summed E-state index contributed by atoms with van der Waals surface area (Å²) in [7, 11) is 0. The van der Waals surface area contributed by atoms with Crippen molar-refractivity contribution in [2.45, 2.75) is 26.2 Å². The molecule has 1 aromatic carbocycles. The molecule has 3 aliphatic heterocycles. The molecule has 0 aliphatic carbocycles. The maximum atomic E-state index is 12.9. The molecule has 4 rings (SSSR count). The Balaban J connectivity index is 1.37. The molecule has 0 spiro atoms. The molecule has 3 fully saturated rings. The van der Waals surface area contributed by atoms with Gasteiger partial charge in [-0.2, -0.15) is 0 Å². The molecule has 150 valence electrons. The van der Waals surface area contributed by atoms with E-state index in [-0.39, 0.29) is 30.1 Å². The van der Waals surface area contributed by atoms with Gasteiger partial charge in [0.15, 0.2) is 0 Å². The number of amides is 3. The van der Waals surface area contributed by atoms with Gasteiger partial charge in [0, 0.05) is 70.5 Å². The third kappa shape index (κ3) is 3.70. The summed E-state index contributed by atoms with van der Waals surface area (Å²) in [5.41, 5.74) is 2.06. The number of carbonyl (C=O) groups is 3. The molecular formula is C21H28N4O3. The van der Waals surface area contributed by atoms with Crippen molar-refractivity contribution in [3.05, 3.63) is 24.3 Å². The Bertz CT molecular complexity index is 749. The molecule has 0 bridgehead atoms. The second-order valence-corrected chi connectivity index (χ2v) is 7.95. The predicted octanol–water partition coefficient (Wildman–Crippen LogP) is 1.33. The number of piperazine rings is 1. The van der Waals surface area contributed by atoms with Gasteiger partial charge < -0.3 is 19.6 Å². The van der Waals surface area contributed by atoms with Crippen LogP contribution in [-0.2, 0) is 14.4 Å². The first-order valence-corrected chi connectivity index (χ1v) is 10.2. The van der Waals surface area contributed by atoms with Crippen LogP contribution in [0.15, 0.2) is 24.3 Å². The van der Waals surface area contributed by atoms with Crippen LogP contribution in [0.1, 0.15) is 26.2 Å². The Labute approximate surface area is 165 Å². The van der Waals surface area contributed by atoms with E-state index in [2.05, 4.69) is 17.0 Å². The van der Waals surface area contributed by atoms with Crippen molar-refractivity contribution in [2.75, 3.05) is 55.6 Å². The SMILES string of the molecule is CC(=O)N1CCN(C(=O)C2CC(=O)N(c3ccc(N4CCCC4)cc3)C2)CC1. The fraction of sp³-hybridized carbons (Fsp3) is 0.571. The molecule has 28 heavy (non-hydrogen) atoms. The van der Waals surface area contributed by atoms with Gasteiger partial charge in [-0.3, -0.25) is 14.4 Å².